The zero-order chi connectivity index (χ0) is 25.1. The van der Waals surface area contributed by atoms with E-state index in [1.165, 1.54) is 49.6 Å². The first kappa shape index (κ1) is 24.5. The number of benzene rings is 2. The topological polar surface area (TPSA) is 131 Å². The summed E-state index contributed by atoms with van der Waals surface area (Å²) >= 11 is 0. The number of sulfone groups is 1. The molecule has 0 saturated carbocycles. The van der Waals surface area contributed by atoms with Crippen LogP contribution < -0.4 is 14.8 Å². The molecule has 1 aromatic heterocycles. The van der Waals surface area contributed by atoms with Gasteiger partial charge >= 0.3 is 6.18 Å². The van der Waals surface area contributed by atoms with E-state index in [0.717, 1.165) is 6.26 Å². The summed E-state index contributed by atoms with van der Waals surface area (Å²) in [6.45, 7) is 0. The standard InChI is InChI=1S/C21H15F3N4O5S/c1-32-16-8-12(11-25)6-7-15(16)33-17-10-18(21(22,23)24)27-28-19(17)20(29)26-13-4-3-5-14(9-13)34(2,30)31/h3-10H,1-2H3,(H,26,29). The summed E-state index contributed by atoms with van der Waals surface area (Å²) in [4.78, 5) is 12.7. The highest BCUT2D eigenvalue weighted by molar-refractivity contribution is 7.90. The van der Waals surface area contributed by atoms with E-state index >= 15 is 0 Å². The van der Waals surface area contributed by atoms with Gasteiger partial charge in [0.05, 0.1) is 23.6 Å². The average Bonchev–Trinajstić information content (AvgIpc) is 2.78. The van der Waals surface area contributed by atoms with E-state index in [2.05, 4.69) is 15.5 Å². The second-order valence-electron chi connectivity index (χ2n) is 6.77. The molecule has 3 aromatic rings. The molecule has 1 amide bonds. The summed E-state index contributed by atoms with van der Waals surface area (Å²) in [7, 11) is -2.31. The summed E-state index contributed by atoms with van der Waals surface area (Å²) in [5, 5.41) is 17.8. The second kappa shape index (κ2) is 9.36. The van der Waals surface area contributed by atoms with E-state index in [9.17, 15) is 26.4 Å². The number of ether oxygens (including phenoxy) is 2. The lowest BCUT2D eigenvalue weighted by Gasteiger charge is -2.15. The summed E-state index contributed by atoms with van der Waals surface area (Å²) in [5.41, 5.74) is -1.76. The first-order valence-corrected chi connectivity index (χ1v) is 11.1. The van der Waals surface area contributed by atoms with Crippen LogP contribution in [0.15, 0.2) is 53.4 Å². The number of nitriles is 1. The molecule has 1 heterocycles. The van der Waals surface area contributed by atoms with Crippen molar-refractivity contribution in [1.29, 1.82) is 5.26 Å². The Bertz CT molecular complexity index is 1400. The van der Waals surface area contributed by atoms with Gasteiger partial charge in [0.2, 0.25) is 0 Å². The van der Waals surface area contributed by atoms with Gasteiger partial charge in [-0.1, -0.05) is 6.07 Å². The number of halogens is 3. The van der Waals surface area contributed by atoms with Crippen molar-refractivity contribution in [2.45, 2.75) is 11.1 Å². The largest absolute Gasteiger partial charge is 0.493 e. The van der Waals surface area contributed by atoms with Crippen LogP contribution in [0.3, 0.4) is 0 Å². The average molecular weight is 492 g/mol. The number of alkyl halides is 3. The normalized spacial score (nSPS) is 11.4. The van der Waals surface area contributed by atoms with E-state index in [0.29, 0.717) is 6.07 Å². The molecule has 176 valence electrons. The minimum Gasteiger partial charge on any atom is -0.493 e. The lowest BCUT2D eigenvalue weighted by Crippen LogP contribution is -2.18. The lowest BCUT2D eigenvalue weighted by atomic mass is 10.2. The van der Waals surface area contributed by atoms with Crippen LogP contribution in [0, 0.1) is 11.3 Å². The number of aromatic nitrogens is 2. The van der Waals surface area contributed by atoms with Crippen molar-refractivity contribution in [2.24, 2.45) is 0 Å². The molecule has 0 atom stereocenters. The van der Waals surface area contributed by atoms with E-state index in [-0.39, 0.29) is 27.6 Å². The van der Waals surface area contributed by atoms with Gasteiger partial charge in [-0.3, -0.25) is 4.79 Å². The fourth-order valence-corrected chi connectivity index (χ4v) is 3.35. The molecule has 2 aromatic carbocycles. The molecule has 34 heavy (non-hydrogen) atoms. The minimum atomic E-state index is -4.88. The zero-order valence-corrected chi connectivity index (χ0v) is 18.4. The van der Waals surface area contributed by atoms with E-state index in [1.807, 2.05) is 6.07 Å². The van der Waals surface area contributed by atoms with Gasteiger partial charge < -0.3 is 14.8 Å². The van der Waals surface area contributed by atoms with Crippen LogP contribution in [-0.4, -0.2) is 37.9 Å². The summed E-state index contributed by atoms with van der Waals surface area (Å²) in [6.07, 6.45) is -3.90. The van der Waals surface area contributed by atoms with E-state index < -0.39 is 39.1 Å². The van der Waals surface area contributed by atoms with Crippen LogP contribution in [0.25, 0.3) is 0 Å². The van der Waals surface area contributed by atoms with Crippen LogP contribution in [0.4, 0.5) is 18.9 Å². The quantitative estimate of drug-likeness (QED) is 0.549. The van der Waals surface area contributed by atoms with Crippen LogP contribution in [0.1, 0.15) is 21.7 Å². The first-order valence-electron chi connectivity index (χ1n) is 9.24. The van der Waals surface area contributed by atoms with Crippen molar-refractivity contribution in [1.82, 2.24) is 10.2 Å². The lowest BCUT2D eigenvalue weighted by molar-refractivity contribution is -0.141. The first-order chi connectivity index (χ1) is 15.9. The Kier molecular flexibility index (Phi) is 6.73. The van der Waals surface area contributed by atoms with Crippen molar-refractivity contribution in [3.05, 3.63) is 65.5 Å². The number of rotatable bonds is 6. The van der Waals surface area contributed by atoms with Crippen molar-refractivity contribution < 1.29 is 35.9 Å². The molecule has 9 nitrogen and oxygen atoms in total. The fourth-order valence-electron chi connectivity index (χ4n) is 2.68. The monoisotopic (exact) mass is 492 g/mol. The fraction of sp³-hybridized carbons (Fsp3) is 0.143. The number of nitrogens with zero attached hydrogens (tertiary/aromatic N) is 3. The Morgan fingerprint density at radius 2 is 1.79 bits per heavy atom. The molecule has 0 unspecified atom stereocenters. The number of carbonyl (C=O) groups is 1. The molecule has 0 aliphatic rings. The molecule has 0 aliphatic carbocycles. The third-order valence-corrected chi connectivity index (χ3v) is 5.41. The predicted octanol–water partition coefficient (Wildman–Crippen LogP) is 3.82. The van der Waals surface area contributed by atoms with Gasteiger partial charge in [0.25, 0.3) is 5.91 Å². The molecule has 0 saturated heterocycles. The van der Waals surface area contributed by atoms with Gasteiger partial charge in [0, 0.05) is 24.1 Å². The molecule has 0 spiro atoms. The highest BCUT2D eigenvalue weighted by Crippen LogP contribution is 2.36. The van der Waals surface area contributed by atoms with Crippen molar-refractivity contribution >= 4 is 21.4 Å². The highest BCUT2D eigenvalue weighted by atomic mass is 32.2. The summed E-state index contributed by atoms with van der Waals surface area (Å²) < 4.78 is 73.7. The van der Waals surface area contributed by atoms with Gasteiger partial charge in [-0.05, 0) is 30.3 Å². The summed E-state index contributed by atoms with van der Waals surface area (Å²) in [5.74, 6) is -1.66. The molecule has 3 rings (SSSR count). The van der Waals surface area contributed by atoms with Crippen LogP contribution in [-0.2, 0) is 16.0 Å². The Labute approximate surface area is 191 Å². The van der Waals surface area contributed by atoms with E-state index in [1.54, 1.807) is 0 Å². The molecule has 13 heteroatoms. The molecule has 0 radical (unpaired) electrons. The number of anilines is 1. The van der Waals surface area contributed by atoms with Crippen LogP contribution in [0.5, 0.6) is 17.2 Å². The molecule has 0 aliphatic heterocycles. The Balaban J connectivity index is 2.03. The highest BCUT2D eigenvalue weighted by Gasteiger charge is 2.35. The predicted molar refractivity (Wildman–Crippen MR) is 112 cm³/mol. The van der Waals surface area contributed by atoms with Gasteiger partial charge in [-0.25, -0.2) is 8.42 Å². The Morgan fingerprint density at radius 1 is 1.06 bits per heavy atom. The molecule has 0 fully saturated rings. The Morgan fingerprint density at radius 3 is 2.41 bits per heavy atom. The zero-order valence-electron chi connectivity index (χ0n) is 17.5. The van der Waals surface area contributed by atoms with E-state index in [4.69, 9.17) is 14.7 Å². The SMILES string of the molecule is COc1cc(C#N)ccc1Oc1cc(C(F)(F)F)nnc1C(=O)Nc1cccc(S(C)(=O)=O)c1. The summed E-state index contributed by atoms with van der Waals surface area (Å²) in [6, 6.07) is 11.5. The molecule has 1 N–H and O–H groups in total. The number of carbonyl (C=O) groups excluding carboxylic acids is 1. The smallest absolute Gasteiger partial charge is 0.435 e. The van der Waals surface area contributed by atoms with Crippen LogP contribution >= 0.6 is 0 Å². The molecular weight excluding hydrogens is 477 g/mol. The van der Waals surface area contributed by atoms with Crippen LogP contribution in [0.2, 0.25) is 0 Å². The van der Waals surface area contributed by atoms with Gasteiger partial charge in [0.1, 0.15) is 0 Å². The third-order valence-electron chi connectivity index (χ3n) is 4.30. The third kappa shape index (κ3) is 5.59. The minimum absolute atomic E-state index is 0.0247. The number of methoxy groups -OCH3 is 1. The Hall–Kier alpha value is -4.18. The van der Waals surface area contributed by atoms with Crippen molar-refractivity contribution in [2.75, 3.05) is 18.7 Å². The van der Waals surface area contributed by atoms with Crippen molar-refractivity contribution in [3.63, 3.8) is 0 Å². The van der Waals surface area contributed by atoms with Gasteiger partial charge in [-0.15, -0.1) is 10.2 Å². The van der Waals surface area contributed by atoms with Gasteiger partial charge in [0.15, 0.2) is 38.5 Å². The molecule has 0 bridgehead atoms. The second-order valence-corrected chi connectivity index (χ2v) is 8.79. The number of hydrogen-bond acceptors (Lipinski definition) is 8. The number of amides is 1. The maximum Gasteiger partial charge on any atom is 0.435 e. The number of nitrogens with one attached hydrogen (secondary N) is 1. The number of hydrogen-bond donors (Lipinski definition) is 1. The van der Waals surface area contributed by atoms with Crippen molar-refractivity contribution in [3.8, 4) is 23.3 Å². The maximum atomic E-state index is 13.2. The van der Waals surface area contributed by atoms with Gasteiger partial charge in [-0.2, -0.15) is 18.4 Å². The molecular formula is C21H15F3N4O5S. The maximum absolute atomic E-state index is 13.2.